The van der Waals surface area contributed by atoms with E-state index in [9.17, 15) is 30.6 Å². The number of ether oxygens (including phenoxy) is 4. The second kappa shape index (κ2) is 12.3. The van der Waals surface area contributed by atoms with Gasteiger partial charge in [0, 0.05) is 0 Å². The van der Waals surface area contributed by atoms with Gasteiger partial charge in [-0.15, -0.1) is 0 Å². The first-order chi connectivity index (χ1) is 14.3. The lowest BCUT2D eigenvalue weighted by Gasteiger charge is -2.39. The molecular formula is C18H32O12. The minimum atomic E-state index is -1.49. The molecule has 176 valence electrons. The van der Waals surface area contributed by atoms with Gasteiger partial charge in [0.15, 0.2) is 12.6 Å². The molecular weight excluding hydrogens is 408 g/mol. The van der Waals surface area contributed by atoms with E-state index in [1.165, 1.54) is 0 Å². The van der Waals surface area contributed by atoms with Gasteiger partial charge in [0.1, 0.15) is 48.8 Å². The van der Waals surface area contributed by atoms with Crippen molar-refractivity contribution in [3.8, 4) is 0 Å². The highest BCUT2D eigenvalue weighted by Gasteiger charge is 2.44. The van der Waals surface area contributed by atoms with Crippen LogP contribution >= 0.6 is 0 Å². The van der Waals surface area contributed by atoms with Gasteiger partial charge in [-0.2, -0.15) is 0 Å². The molecule has 2 aliphatic heterocycles. The molecule has 0 saturated carbocycles. The molecule has 2 fully saturated rings. The largest absolute Gasteiger partial charge is 0.394 e. The quantitative estimate of drug-likeness (QED) is 0.121. The highest BCUT2D eigenvalue weighted by molar-refractivity contribution is 4.90. The Morgan fingerprint density at radius 2 is 0.933 bits per heavy atom. The van der Waals surface area contributed by atoms with Crippen molar-refractivity contribution in [2.45, 2.75) is 74.3 Å². The molecule has 0 aliphatic carbocycles. The monoisotopic (exact) mass is 440 g/mol. The van der Waals surface area contributed by atoms with Crippen LogP contribution in [0.5, 0.6) is 0 Å². The van der Waals surface area contributed by atoms with Crippen molar-refractivity contribution < 1.29 is 59.8 Å². The zero-order chi connectivity index (χ0) is 22.3. The third kappa shape index (κ3) is 6.38. The first kappa shape index (κ1) is 25.5. The summed E-state index contributed by atoms with van der Waals surface area (Å²) >= 11 is 0. The fourth-order valence-electron chi connectivity index (χ4n) is 3.15. The Bertz CT molecular complexity index is 471. The van der Waals surface area contributed by atoms with Crippen LogP contribution in [-0.2, 0) is 18.9 Å². The number of aliphatic hydroxyl groups is 8. The average molecular weight is 440 g/mol. The molecule has 2 rings (SSSR count). The fraction of sp³-hybridized carbons (Fsp3) is 0.889. The zero-order valence-electron chi connectivity index (χ0n) is 16.4. The fourth-order valence-corrected chi connectivity index (χ4v) is 3.15. The minimum absolute atomic E-state index is 0.146. The molecule has 2 saturated heterocycles. The Kier molecular flexibility index (Phi) is 10.5. The van der Waals surface area contributed by atoms with E-state index in [2.05, 4.69) is 0 Å². The van der Waals surface area contributed by atoms with E-state index in [1.807, 2.05) is 0 Å². The SMILES string of the molecule is OCC1O[C@H](OCC/C=C/CCO[C@@H]2OC(CO)[C@H](O)[C@@H](O)C2O)C(O)[C@@H](O)[C@@H]1O. The second-order valence-corrected chi connectivity index (χ2v) is 7.18. The molecule has 0 aromatic heterocycles. The van der Waals surface area contributed by atoms with E-state index >= 15 is 0 Å². The van der Waals surface area contributed by atoms with Crippen LogP contribution in [0.1, 0.15) is 12.8 Å². The maximum Gasteiger partial charge on any atom is 0.186 e. The van der Waals surface area contributed by atoms with E-state index in [0.717, 1.165) is 0 Å². The summed E-state index contributed by atoms with van der Waals surface area (Å²) in [5, 5.41) is 76.7. The highest BCUT2D eigenvalue weighted by atomic mass is 16.7. The summed E-state index contributed by atoms with van der Waals surface area (Å²) in [6.07, 6.45) is -8.74. The van der Waals surface area contributed by atoms with Crippen molar-refractivity contribution in [2.24, 2.45) is 0 Å². The normalized spacial score (nSPS) is 42.7. The van der Waals surface area contributed by atoms with Crippen LogP contribution in [0.25, 0.3) is 0 Å². The van der Waals surface area contributed by atoms with Gasteiger partial charge in [-0.25, -0.2) is 0 Å². The molecule has 0 spiro atoms. The first-order valence-electron chi connectivity index (χ1n) is 9.81. The number of hydrogen-bond acceptors (Lipinski definition) is 12. The summed E-state index contributed by atoms with van der Waals surface area (Å²) in [5.74, 6) is 0. The van der Waals surface area contributed by atoms with Gasteiger partial charge in [-0.05, 0) is 12.8 Å². The van der Waals surface area contributed by atoms with Crippen LogP contribution in [0.3, 0.4) is 0 Å². The van der Waals surface area contributed by atoms with E-state index in [1.54, 1.807) is 12.2 Å². The van der Waals surface area contributed by atoms with Gasteiger partial charge in [0.25, 0.3) is 0 Å². The number of rotatable bonds is 10. The molecule has 2 heterocycles. The Labute approximate surface area is 173 Å². The Balaban J connectivity index is 1.63. The standard InChI is InChI=1S/C18H32O12/c19-7-9-11(21)13(23)15(25)17(29-9)27-5-3-1-2-4-6-28-18-16(26)14(24)12(22)10(8-20)30-18/h1-2,9-26H,3-8H2/b2-1+/t9?,10?,11-,12+,13+,14-,15?,16?,17+,18-. The maximum atomic E-state index is 9.85. The topological polar surface area (TPSA) is 199 Å². The van der Waals surface area contributed by atoms with Crippen LogP contribution in [0, 0.1) is 0 Å². The molecule has 0 aromatic carbocycles. The molecule has 12 nitrogen and oxygen atoms in total. The summed E-state index contributed by atoms with van der Waals surface area (Å²) in [6, 6.07) is 0. The molecule has 10 atom stereocenters. The van der Waals surface area contributed by atoms with Gasteiger partial charge in [-0.3, -0.25) is 0 Å². The summed E-state index contributed by atoms with van der Waals surface area (Å²) in [6.45, 7) is -0.766. The molecule has 2 aliphatic rings. The maximum absolute atomic E-state index is 9.85. The number of aliphatic hydroxyl groups excluding tert-OH is 8. The van der Waals surface area contributed by atoms with E-state index in [0.29, 0.717) is 12.8 Å². The molecule has 30 heavy (non-hydrogen) atoms. The van der Waals surface area contributed by atoms with Gasteiger partial charge >= 0.3 is 0 Å². The first-order valence-corrected chi connectivity index (χ1v) is 9.81. The Morgan fingerprint density at radius 3 is 1.27 bits per heavy atom. The molecule has 0 amide bonds. The van der Waals surface area contributed by atoms with Crippen LogP contribution < -0.4 is 0 Å². The van der Waals surface area contributed by atoms with Crippen molar-refractivity contribution in [1.82, 2.24) is 0 Å². The van der Waals surface area contributed by atoms with Gasteiger partial charge in [0.2, 0.25) is 0 Å². The van der Waals surface area contributed by atoms with Gasteiger partial charge in [0.05, 0.1) is 26.4 Å². The van der Waals surface area contributed by atoms with E-state index in [-0.39, 0.29) is 13.2 Å². The minimum Gasteiger partial charge on any atom is -0.394 e. The van der Waals surface area contributed by atoms with Crippen molar-refractivity contribution in [1.29, 1.82) is 0 Å². The summed E-state index contributed by atoms with van der Waals surface area (Å²) in [7, 11) is 0. The predicted octanol–water partition coefficient (Wildman–Crippen LogP) is -4.04. The lowest BCUT2D eigenvalue weighted by atomic mass is 9.99. The summed E-state index contributed by atoms with van der Waals surface area (Å²) in [5.41, 5.74) is 0. The van der Waals surface area contributed by atoms with E-state index in [4.69, 9.17) is 29.2 Å². The third-order valence-electron chi connectivity index (χ3n) is 5.00. The van der Waals surface area contributed by atoms with Gasteiger partial charge < -0.3 is 59.8 Å². The molecule has 0 radical (unpaired) electrons. The van der Waals surface area contributed by atoms with Crippen LogP contribution in [0.4, 0.5) is 0 Å². The Hall–Kier alpha value is -0.740. The molecule has 8 N–H and O–H groups in total. The molecule has 0 bridgehead atoms. The molecule has 4 unspecified atom stereocenters. The lowest BCUT2D eigenvalue weighted by molar-refractivity contribution is -0.300. The lowest BCUT2D eigenvalue weighted by Crippen LogP contribution is -2.59. The van der Waals surface area contributed by atoms with E-state index < -0.39 is 74.6 Å². The Morgan fingerprint density at radius 1 is 0.567 bits per heavy atom. The van der Waals surface area contributed by atoms with Crippen molar-refractivity contribution in [2.75, 3.05) is 26.4 Å². The average Bonchev–Trinajstić information content (AvgIpc) is 2.75. The van der Waals surface area contributed by atoms with Crippen molar-refractivity contribution in [3.05, 3.63) is 12.2 Å². The predicted molar refractivity (Wildman–Crippen MR) is 97.8 cm³/mol. The molecule has 0 aromatic rings. The summed E-state index contributed by atoms with van der Waals surface area (Å²) < 4.78 is 21.1. The van der Waals surface area contributed by atoms with Gasteiger partial charge in [-0.1, -0.05) is 12.2 Å². The smallest absolute Gasteiger partial charge is 0.186 e. The molecule has 12 heteroatoms. The van der Waals surface area contributed by atoms with Crippen molar-refractivity contribution in [3.63, 3.8) is 0 Å². The zero-order valence-corrected chi connectivity index (χ0v) is 16.4. The summed E-state index contributed by atoms with van der Waals surface area (Å²) in [4.78, 5) is 0. The third-order valence-corrected chi connectivity index (χ3v) is 5.00. The number of hydrogen-bond donors (Lipinski definition) is 8. The highest BCUT2D eigenvalue weighted by Crippen LogP contribution is 2.23. The van der Waals surface area contributed by atoms with Crippen LogP contribution in [0.15, 0.2) is 12.2 Å². The van der Waals surface area contributed by atoms with Crippen LogP contribution in [0.2, 0.25) is 0 Å². The van der Waals surface area contributed by atoms with Crippen molar-refractivity contribution >= 4 is 0 Å². The van der Waals surface area contributed by atoms with Crippen LogP contribution in [-0.4, -0.2) is 129 Å². The second-order valence-electron chi connectivity index (χ2n) is 7.18.